The van der Waals surface area contributed by atoms with Crippen molar-refractivity contribution in [1.82, 2.24) is 5.32 Å². The molecule has 0 saturated heterocycles. The largest absolute Gasteiger partial charge is 0.384 e. The summed E-state index contributed by atoms with van der Waals surface area (Å²) in [5.74, 6) is 3.38. The minimum Gasteiger partial charge on any atom is -0.384 e. The molecule has 17 heavy (non-hydrogen) atoms. The summed E-state index contributed by atoms with van der Waals surface area (Å²) in [7, 11) is 1.83. The van der Waals surface area contributed by atoms with Crippen molar-refractivity contribution >= 4 is 0 Å². The van der Waals surface area contributed by atoms with Crippen molar-refractivity contribution in [3.63, 3.8) is 0 Å². The molecule has 2 aliphatic carbocycles. The first kappa shape index (κ1) is 13.4. The van der Waals surface area contributed by atoms with Gasteiger partial charge in [0.15, 0.2) is 0 Å². The quantitative estimate of drug-likeness (QED) is 0.769. The Kier molecular flexibility index (Phi) is 4.87. The Morgan fingerprint density at radius 1 is 1.24 bits per heavy atom. The van der Waals surface area contributed by atoms with Crippen LogP contribution in [0.5, 0.6) is 0 Å². The second-order valence-electron chi connectivity index (χ2n) is 6.46. The van der Waals surface area contributed by atoms with Gasteiger partial charge in [0.25, 0.3) is 0 Å². The highest BCUT2D eigenvalue weighted by atomic mass is 16.5. The first-order chi connectivity index (χ1) is 8.20. The fourth-order valence-electron chi connectivity index (χ4n) is 3.43. The van der Waals surface area contributed by atoms with Gasteiger partial charge in [0.05, 0.1) is 0 Å². The summed E-state index contributed by atoms with van der Waals surface area (Å²) in [6.07, 6.45) is 7.05. The van der Waals surface area contributed by atoms with E-state index in [9.17, 15) is 0 Å². The van der Waals surface area contributed by atoms with Crippen LogP contribution in [0.3, 0.4) is 0 Å². The third-order valence-corrected chi connectivity index (χ3v) is 4.72. The number of rotatable bonds is 6. The second kappa shape index (κ2) is 6.19. The number of nitrogens with one attached hydrogen (secondary N) is 1. The molecule has 2 nitrogen and oxygen atoms in total. The van der Waals surface area contributed by atoms with E-state index in [0.717, 1.165) is 30.4 Å². The molecule has 2 saturated carbocycles. The Hall–Kier alpha value is -0.0800. The Labute approximate surface area is 107 Å². The molecular formula is C15H29NO. The molecule has 0 aromatic carbocycles. The Balaban J connectivity index is 1.84. The van der Waals surface area contributed by atoms with E-state index < -0.39 is 0 Å². The zero-order valence-electron chi connectivity index (χ0n) is 11.7. The van der Waals surface area contributed by atoms with Crippen LogP contribution in [0.25, 0.3) is 0 Å². The molecule has 2 fully saturated rings. The minimum atomic E-state index is 0.716. The summed E-state index contributed by atoms with van der Waals surface area (Å²) in [4.78, 5) is 0. The van der Waals surface area contributed by atoms with Crippen LogP contribution in [-0.4, -0.2) is 26.3 Å². The van der Waals surface area contributed by atoms with Gasteiger partial charge in [0.2, 0.25) is 0 Å². The maximum Gasteiger partial charge on any atom is 0.0490 e. The number of ether oxygens (including phenoxy) is 1. The zero-order valence-corrected chi connectivity index (χ0v) is 11.7. The third kappa shape index (κ3) is 3.96. The highest BCUT2D eigenvalue weighted by Crippen LogP contribution is 2.38. The maximum atomic E-state index is 5.36. The fraction of sp³-hybridized carbons (Fsp3) is 1.00. The molecule has 1 N–H and O–H groups in total. The van der Waals surface area contributed by atoms with Gasteiger partial charge >= 0.3 is 0 Å². The van der Waals surface area contributed by atoms with E-state index in [1.54, 1.807) is 0 Å². The van der Waals surface area contributed by atoms with Gasteiger partial charge < -0.3 is 10.1 Å². The summed E-state index contributed by atoms with van der Waals surface area (Å²) >= 11 is 0. The molecule has 0 spiro atoms. The van der Waals surface area contributed by atoms with Crippen molar-refractivity contribution < 1.29 is 4.74 Å². The highest BCUT2D eigenvalue weighted by Gasteiger charge is 2.33. The van der Waals surface area contributed by atoms with Gasteiger partial charge in [-0.25, -0.2) is 0 Å². The Morgan fingerprint density at radius 2 is 2.00 bits per heavy atom. The summed E-state index contributed by atoms with van der Waals surface area (Å²) in [5.41, 5.74) is 0. The lowest BCUT2D eigenvalue weighted by Gasteiger charge is -2.38. The van der Waals surface area contributed by atoms with Gasteiger partial charge in [-0.3, -0.25) is 0 Å². The van der Waals surface area contributed by atoms with Crippen LogP contribution in [-0.2, 0) is 4.74 Å². The molecule has 0 heterocycles. The SMILES string of the molecule is COCC(C)C1CC(C)CCC1CNC1CC1. The smallest absolute Gasteiger partial charge is 0.0490 e. The standard InChI is InChI=1S/C15H29NO/c1-11-4-5-13(9-16-14-6-7-14)15(8-11)12(2)10-17-3/h11-16H,4-10H2,1-3H3. The van der Waals surface area contributed by atoms with Gasteiger partial charge in [-0.15, -0.1) is 0 Å². The van der Waals surface area contributed by atoms with Crippen LogP contribution in [0.15, 0.2) is 0 Å². The van der Waals surface area contributed by atoms with Gasteiger partial charge in [0.1, 0.15) is 0 Å². The molecule has 0 aromatic heterocycles. The van der Waals surface area contributed by atoms with E-state index in [0.29, 0.717) is 5.92 Å². The van der Waals surface area contributed by atoms with E-state index in [4.69, 9.17) is 4.74 Å². The average molecular weight is 239 g/mol. The van der Waals surface area contributed by atoms with Crippen LogP contribution in [0.4, 0.5) is 0 Å². The molecule has 0 radical (unpaired) electrons. The number of hydrogen-bond donors (Lipinski definition) is 1. The predicted octanol–water partition coefficient (Wildman–Crippen LogP) is 3.07. The normalized spacial score (nSPS) is 35.8. The lowest BCUT2D eigenvalue weighted by Crippen LogP contribution is -2.37. The van der Waals surface area contributed by atoms with Crippen molar-refractivity contribution in [2.75, 3.05) is 20.3 Å². The molecule has 0 bridgehead atoms. The van der Waals surface area contributed by atoms with Crippen LogP contribution in [0, 0.1) is 23.7 Å². The molecule has 2 aliphatic rings. The molecular weight excluding hydrogens is 210 g/mol. The molecule has 4 unspecified atom stereocenters. The lowest BCUT2D eigenvalue weighted by atomic mass is 9.69. The zero-order chi connectivity index (χ0) is 12.3. The van der Waals surface area contributed by atoms with E-state index in [2.05, 4.69) is 19.2 Å². The summed E-state index contributed by atoms with van der Waals surface area (Å²) in [6.45, 7) is 6.96. The molecule has 0 aliphatic heterocycles. The van der Waals surface area contributed by atoms with Crippen LogP contribution >= 0.6 is 0 Å². The van der Waals surface area contributed by atoms with Gasteiger partial charge in [0, 0.05) is 19.8 Å². The molecule has 4 atom stereocenters. The molecule has 2 rings (SSSR count). The number of methoxy groups -OCH3 is 1. The monoisotopic (exact) mass is 239 g/mol. The van der Waals surface area contributed by atoms with Crippen molar-refractivity contribution in [2.24, 2.45) is 23.7 Å². The second-order valence-corrected chi connectivity index (χ2v) is 6.46. The van der Waals surface area contributed by atoms with Crippen LogP contribution in [0.2, 0.25) is 0 Å². The molecule has 2 heteroatoms. The maximum absolute atomic E-state index is 5.36. The first-order valence-corrected chi connectivity index (χ1v) is 7.43. The van der Waals surface area contributed by atoms with E-state index in [1.165, 1.54) is 38.6 Å². The van der Waals surface area contributed by atoms with Crippen LogP contribution in [0.1, 0.15) is 46.0 Å². The Bertz CT molecular complexity index is 227. The summed E-state index contributed by atoms with van der Waals surface area (Å²) in [6, 6.07) is 0.854. The fourth-order valence-corrected chi connectivity index (χ4v) is 3.43. The van der Waals surface area contributed by atoms with Crippen molar-refractivity contribution in [3.8, 4) is 0 Å². The van der Waals surface area contributed by atoms with Gasteiger partial charge in [-0.2, -0.15) is 0 Å². The molecule has 0 amide bonds. The highest BCUT2D eigenvalue weighted by molar-refractivity contribution is 4.87. The van der Waals surface area contributed by atoms with Gasteiger partial charge in [-0.05, 0) is 55.9 Å². The average Bonchev–Trinajstić information content (AvgIpc) is 3.11. The predicted molar refractivity (Wildman–Crippen MR) is 72.1 cm³/mol. The van der Waals surface area contributed by atoms with Crippen LogP contribution < -0.4 is 5.32 Å². The van der Waals surface area contributed by atoms with Crippen molar-refractivity contribution in [3.05, 3.63) is 0 Å². The molecule has 0 aromatic rings. The lowest BCUT2D eigenvalue weighted by molar-refractivity contribution is 0.0687. The van der Waals surface area contributed by atoms with E-state index in [-0.39, 0.29) is 0 Å². The third-order valence-electron chi connectivity index (χ3n) is 4.72. The van der Waals surface area contributed by atoms with Crippen molar-refractivity contribution in [2.45, 2.75) is 52.0 Å². The topological polar surface area (TPSA) is 21.3 Å². The summed E-state index contributed by atoms with van der Waals surface area (Å²) < 4.78 is 5.36. The minimum absolute atomic E-state index is 0.716. The van der Waals surface area contributed by atoms with Gasteiger partial charge in [-0.1, -0.05) is 20.3 Å². The van der Waals surface area contributed by atoms with E-state index in [1.807, 2.05) is 7.11 Å². The summed E-state index contributed by atoms with van der Waals surface area (Å²) in [5, 5.41) is 3.73. The van der Waals surface area contributed by atoms with Crippen molar-refractivity contribution in [1.29, 1.82) is 0 Å². The number of hydrogen-bond acceptors (Lipinski definition) is 2. The first-order valence-electron chi connectivity index (χ1n) is 7.43. The van der Waals surface area contributed by atoms with E-state index >= 15 is 0 Å². The molecule has 100 valence electrons. The Morgan fingerprint density at radius 3 is 2.65 bits per heavy atom.